The first-order valence-electron chi connectivity index (χ1n) is 9.47. The van der Waals surface area contributed by atoms with E-state index < -0.39 is 15.9 Å². The van der Waals surface area contributed by atoms with Crippen molar-refractivity contribution < 1.29 is 13.2 Å². The van der Waals surface area contributed by atoms with Crippen LogP contribution in [0.2, 0.25) is 0 Å². The molecule has 1 unspecified atom stereocenters. The summed E-state index contributed by atoms with van der Waals surface area (Å²) < 4.78 is 30.4. The molecule has 0 aliphatic carbocycles. The van der Waals surface area contributed by atoms with Gasteiger partial charge in [-0.15, -0.1) is 11.3 Å². The third-order valence-corrected chi connectivity index (χ3v) is 9.85. The van der Waals surface area contributed by atoms with E-state index in [1.165, 1.54) is 38.1 Å². The second-order valence-corrected chi connectivity index (χ2v) is 11.5. The highest BCUT2D eigenvalue weighted by Crippen LogP contribution is 2.27. The van der Waals surface area contributed by atoms with Gasteiger partial charge in [0.15, 0.2) is 4.80 Å². The van der Waals surface area contributed by atoms with Gasteiger partial charge in [0.2, 0.25) is 0 Å². The zero-order valence-corrected chi connectivity index (χ0v) is 19.0. The van der Waals surface area contributed by atoms with E-state index in [1.54, 1.807) is 17.5 Å². The Labute approximate surface area is 178 Å². The predicted octanol–water partition coefficient (Wildman–Crippen LogP) is 3.45. The Balaban J connectivity index is 1.63. The first-order chi connectivity index (χ1) is 13.8. The Bertz CT molecular complexity index is 1240. The number of rotatable bonds is 3. The maximum atomic E-state index is 12.9. The smallest absolute Gasteiger partial charge is 0.252 e. The number of aryl methyl sites for hydroxylation is 3. The lowest BCUT2D eigenvalue weighted by Gasteiger charge is -2.29. The molecule has 3 aromatic rings. The Hall–Kier alpha value is -1.81. The molecule has 1 atom stereocenters. The molecule has 1 aromatic carbocycles. The molecule has 6 nitrogen and oxygen atoms in total. The van der Waals surface area contributed by atoms with Crippen LogP contribution in [0.5, 0.6) is 0 Å². The fraction of sp³-hybridized carbons (Fsp3) is 0.400. The SMILES string of the molecule is Cc1ccc2sc(=NC(=O)C3CCCN(S(=O)(=O)c4cccs4)C3)n(C)c2c1C. The van der Waals surface area contributed by atoms with Crippen LogP contribution in [0.15, 0.2) is 38.8 Å². The van der Waals surface area contributed by atoms with E-state index in [0.717, 1.165) is 10.2 Å². The molecule has 1 fully saturated rings. The first kappa shape index (κ1) is 20.5. The number of benzene rings is 1. The van der Waals surface area contributed by atoms with Crippen molar-refractivity contribution in [3.05, 3.63) is 45.6 Å². The number of amides is 1. The molecule has 2 aromatic heterocycles. The average Bonchev–Trinajstić information content (AvgIpc) is 3.35. The summed E-state index contributed by atoms with van der Waals surface area (Å²) in [5.41, 5.74) is 3.47. The maximum Gasteiger partial charge on any atom is 0.252 e. The Morgan fingerprint density at radius 2 is 2.03 bits per heavy atom. The van der Waals surface area contributed by atoms with E-state index in [-0.39, 0.29) is 12.5 Å². The summed E-state index contributed by atoms with van der Waals surface area (Å²) in [6, 6.07) is 7.47. The molecule has 3 heterocycles. The Kier molecular flexibility index (Phi) is 5.50. The molecule has 0 spiro atoms. The molecule has 29 heavy (non-hydrogen) atoms. The number of aromatic nitrogens is 1. The number of nitrogens with zero attached hydrogens (tertiary/aromatic N) is 3. The summed E-state index contributed by atoms with van der Waals surface area (Å²) in [5.74, 6) is -0.654. The molecule has 4 rings (SSSR count). The van der Waals surface area contributed by atoms with Crippen LogP contribution in [0.1, 0.15) is 24.0 Å². The van der Waals surface area contributed by atoms with E-state index in [0.29, 0.717) is 28.4 Å². The summed E-state index contributed by atoms with van der Waals surface area (Å²) in [5, 5.41) is 1.75. The van der Waals surface area contributed by atoms with Crippen LogP contribution in [0.4, 0.5) is 0 Å². The number of thiophene rings is 1. The van der Waals surface area contributed by atoms with Gasteiger partial charge < -0.3 is 4.57 Å². The largest absolute Gasteiger partial charge is 0.319 e. The van der Waals surface area contributed by atoms with Crippen molar-refractivity contribution in [2.45, 2.75) is 30.9 Å². The normalized spacial score (nSPS) is 19.1. The van der Waals surface area contributed by atoms with Gasteiger partial charge in [-0.2, -0.15) is 9.30 Å². The molecule has 154 valence electrons. The number of hydrogen-bond donors (Lipinski definition) is 0. The van der Waals surface area contributed by atoms with Gasteiger partial charge in [0.05, 0.1) is 16.1 Å². The molecule has 0 saturated carbocycles. The zero-order valence-electron chi connectivity index (χ0n) is 16.6. The van der Waals surface area contributed by atoms with Gasteiger partial charge in [-0.05, 0) is 55.3 Å². The zero-order chi connectivity index (χ0) is 20.8. The first-order valence-corrected chi connectivity index (χ1v) is 12.6. The van der Waals surface area contributed by atoms with Crippen LogP contribution in [0.3, 0.4) is 0 Å². The van der Waals surface area contributed by atoms with E-state index in [9.17, 15) is 13.2 Å². The number of fused-ring (bicyclic) bond motifs is 1. The van der Waals surface area contributed by atoms with Gasteiger partial charge in [-0.3, -0.25) is 4.79 Å². The van der Waals surface area contributed by atoms with Gasteiger partial charge in [0.25, 0.3) is 15.9 Å². The number of piperidine rings is 1. The van der Waals surface area contributed by atoms with E-state index in [4.69, 9.17) is 0 Å². The minimum absolute atomic E-state index is 0.190. The van der Waals surface area contributed by atoms with Crippen molar-refractivity contribution in [3.63, 3.8) is 0 Å². The van der Waals surface area contributed by atoms with Gasteiger partial charge >= 0.3 is 0 Å². The molecule has 0 bridgehead atoms. The highest BCUT2D eigenvalue weighted by molar-refractivity contribution is 7.91. The summed E-state index contributed by atoms with van der Waals surface area (Å²) in [6.07, 6.45) is 1.32. The number of carbonyl (C=O) groups excluding carboxylic acids is 1. The van der Waals surface area contributed by atoms with Crippen LogP contribution in [0.25, 0.3) is 10.2 Å². The highest BCUT2D eigenvalue weighted by atomic mass is 32.2. The molecular weight excluding hydrogens is 426 g/mol. The van der Waals surface area contributed by atoms with Crippen molar-refractivity contribution in [1.29, 1.82) is 0 Å². The molecule has 0 N–H and O–H groups in total. The highest BCUT2D eigenvalue weighted by Gasteiger charge is 2.33. The van der Waals surface area contributed by atoms with Crippen molar-refractivity contribution in [1.82, 2.24) is 8.87 Å². The third-order valence-electron chi connectivity index (χ3n) is 5.52. The minimum Gasteiger partial charge on any atom is -0.319 e. The molecule has 1 aliphatic rings. The van der Waals surface area contributed by atoms with Crippen LogP contribution in [0, 0.1) is 19.8 Å². The van der Waals surface area contributed by atoms with E-state index in [2.05, 4.69) is 31.0 Å². The molecular formula is C20H23N3O3S3. The van der Waals surface area contributed by atoms with Gasteiger partial charge in [0, 0.05) is 20.1 Å². The van der Waals surface area contributed by atoms with Crippen LogP contribution in [-0.2, 0) is 21.9 Å². The molecule has 9 heteroatoms. The third kappa shape index (κ3) is 3.72. The lowest BCUT2D eigenvalue weighted by molar-refractivity contribution is -0.122. The number of sulfonamides is 1. The van der Waals surface area contributed by atoms with Crippen LogP contribution < -0.4 is 4.80 Å². The van der Waals surface area contributed by atoms with Gasteiger partial charge in [-0.1, -0.05) is 23.5 Å². The fourth-order valence-electron chi connectivity index (χ4n) is 3.72. The van der Waals surface area contributed by atoms with Crippen molar-refractivity contribution in [2.75, 3.05) is 13.1 Å². The number of thiazole rings is 1. The van der Waals surface area contributed by atoms with Crippen LogP contribution in [-0.4, -0.2) is 36.3 Å². The lowest BCUT2D eigenvalue weighted by atomic mass is 9.99. The second kappa shape index (κ2) is 7.79. The monoisotopic (exact) mass is 449 g/mol. The van der Waals surface area contributed by atoms with Crippen LogP contribution >= 0.6 is 22.7 Å². The van der Waals surface area contributed by atoms with Gasteiger partial charge in [0.1, 0.15) is 4.21 Å². The standard InChI is InChI=1S/C20H23N3O3S3/c1-13-8-9-16-18(14(13)2)22(3)20(28-16)21-19(24)15-6-4-10-23(12-15)29(25,26)17-7-5-11-27-17/h5,7-9,11,15H,4,6,10,12H2,1-3H3. The average molecular weight is 450 g/mol. The molecule has 1 saturated heterocycles. The summed E-state index contributed by atoms with van der Waals surface area (Å²) in [7, 11) is -1.62. The molecule has 1 amide bonds. The van der Waals surface area contributed by atoms with Crippen molar-refractivity contribution in [2.24, 2.45) is 18.0 Å². The summed E-state index contributed by atoms with van der Waals surface area (Å²) in [4.78, 5) is 18.0. The van der Waals surface area contributed by atoms with E-state index in [1.807, 2.05) is 11.6 Å². The number of hydrogen-bond acceptors (Lipinski definition) is 5. The Morgan fingerprint density at radius 3 is 2.76 bits per heavy atom. The fourth-order valence-corrected chi connectivity index (χ4v) is 7.47. The van der Waals surface area contributed by atoms with E-state index >= 15 is 0 Å². The quantitative estimate of drug-likeness (QED) is 0.615. The topological polar surface area (TPSA) is 71.7 Å². The van der Waals surface area contributed by atoms with Gasteiger partial charge in [-0.25, -0.2) is 8.42 Å². The second-order valence-electron chi connectivity index (χ2n) is 7.38. The molecule has 1 aliphatic heterocycles. The van der Waals surface area contributed by atoms with Crippen molar-refractivity contribution in [3.8, 4) is 0 Å². The minimum atomic E-state index is -3.54. The maximum absolute atomic E-state index is 12.9. The summed E-state index contributed by atoms with van der Waals surface area (Å²) in [6.45, 7) is 4.78. The predicted molar refractivity (Wildman–Crippen MR) is 117 cm³/mol. The molecule has 0 radical (unpaired) electrons. The van der Waals surface area contributed by atoms with Crippen molar-refractivity contribution >= 4 is 48.8 Å². The lowest BCUT2D eigenvalue weighted by Crippen LogP contribution is -2.42. The summed E-state index contributed by atoms with van der Waals surface area (Å²) >= 11 is 2.69. The Morgan fingerprint density at radius 1 is 1.24 bits per heavy atom. The number of carbonyl (C=O) groups is 1.